The third-order valence-electron chi connectivity index (χ3n) is 5.16. The van der Waals surface area contributed by atoms with Gasteiger partial charge in [0.2, 0.25) is 0 Å². The molecule has 4 nitrogen and oxygen atoms in total. The summed E-state index contributed by atoms with van der Waals surface area (Å²) < 4.78 is 0. The summed E-state index contributed by atoms with van der Waals surface area (Å²) >= 11 is 0. The normalized spacial score (nSPS) is 38.5. The molecular formula is C20H30N4. The fourth-order valence-corrected chi connectivity index (χ4v) is 4.93. The van der Waals surface area contributed by atoms with Gasteiger partial charge in [0.25, 0.3) is 0 Å². The second-order valence-corrected chi connectivity index (χ2v) is 10.1. The van der Waals surface area contributed by atoms with Gasteiger partial charge in [0.15, 0.2) is 0 Å². The molecule has 2 saturated carbocycles. The van der Waals surface area contributed by atoms with Crippen molar-refractivity contribution >= 4 is 11.4 Å². The van der Waals surface area contributed by atoms with Gasteiger partial charge in [-0.2, -0.15) is 20.7 Å². The number of rotatable bonds is 1. The van der Waals surface area contributed by atoms with E-state index in [9.17, 15) is 10.5 Å². The van der Waals surface area contributed by atoms with Gasteiger partial charge < -0.3 is 0 Å². The van der Waals surface area contributed by atoms with Gasteiger partial charge in [-0.15, -0.1) is 0 Å². The van der Waals surface area contributed by atoms with Gasteiger partial charge >= 0.3 is 0 Å². The van der Waals surface area contributed by atoms with Crippen LogP contribution >= 0.6 is 0 Å². The first-order valence-corrected chi connectivity index (χ1v) is 8.84. The van der Waals surface area contributed by atoms with Crippen LogP contribution in [-0.2, 0) is 0 Å². The summed E-state index contributed by atoms with van der Waals surface area (Å²) in [4.78, 5) is 0. The predicted octanol–water partition coefficient (Wildman–Crippen LogP) is 5.26. The lowest BCUT2D eigenvalue weighted by Crippen LogP contribution is -2.36. The lowest BCUT2D eigenvalue weighted by Gasteiger charge is -2.39. The molecular weight excluding hydrogens is 296 g/mol. The molecule has 0 aromatic carbocycles. The Labute approximate surface area is 146 Å². The molecule has 2 atom stereocenters. The lowest BCUT2D eigenvalue weighted by molar-refractivity contribution is 0.212. The highest BCUT2D eigenvalue weighted by Gasteiger charge is 2.41. The van der Waals surface area contributed by atoms with Gasteiger partial charge in [0, 0.05) is 24.3 Å². The Balaban J connectivity index is 2.26. The van der Waals surface area contributed by atoms with Crippen molar-refractivity contribution in [3.05, 3.63) is 0 Å². The average molecular weight is 326 g/mol. The molecule has 2 fully saturated rings. The maximum absolute atomic E-state index is 9.51. The molecule has 130 valence electrons. The molecule has 0 bridgehead atoms. The molecule has 4 heteroatoms. The zero-order chi connectivity index (χ0) is 18.2. The Morgan fingerprint density at radius 3 is 1.29 bits per heavy atom. The van der Waals surface area contributed by atoms with Crippen molar-refractivity contribution in [3.63, 3.8) is 0 Å². The van der Waals surface area contributed by atoms with E-state index in [1.54, 1.807) is 0 Å². The Morgan fingerprint density at radius 1 is 0.667 bits per heavy atom. The number of nitriles is 2. The second kappa shape index (κ2) is 5.99. The summed E-state index contributed by atoms with van der Waals surface area (Å²) in [5, 5.41) is 28.1. The third kappa shape index (κ3) is 4.44. The highest BCUT2D eigenvalue weighted by atomic mass is 15.2. The van der Waals surface area contributed by atoms with Gasteiger partial charge in [-0.3, -0.25) is 0 Å². The summed E-state index contributed by atoms with van der Waals surface area (Å²) in [6, 6.07) is 4.93. The molecule has 0 aliphatic heterocycles. The van der Waals surface area contributed by atoms with Crippen LogP contribution in [0.5, 0.6) is 0 Å². The molecule has 2 aliphatic carbocycles. The van der Waals surface area contributed by atoms with Gasteiger partial charge in [0.1, 0.15) is 0 Å². The van der Waals surface area contributed by atoms with Crippen molar-refractivity contribution in [1.29, 1.82) is 10.5 Å². The molecule has 0 saturated heterocycles. The van der Waals surface area contributed by atoms with Crippen LogP contribution < -0.4 is 0 Å². The first-order valence-electron chi connectivity index (χ1n) is 8.84. The van der Waals surface area contributed by atoms with E-state index in [2.05, 4.69) is 50.0 Å². The fourth-order valence-electron chi connectivity index (χ4n) is 4.93. The summed E-state index contributed by atoms with van der Waals surface area (Å²) in [5.74, 6) is 0. The van der Waals surface area contributed by atoms with Crippen LogP contribution in [0.25, 0.3) is 0 Å². The lowest BCUT2D eigenvalue weighted by atomic mass is 9.64. The molecule has 2 rings (SSSR count). The molecule has 0 radical (unpaired) electrons. The topological polar surface area (TPSA) is 72.3 Å². The SMILES string of the molecule is CC1(C)CC(=NN=C2CC(C)(C)CC(C)(C#N)C2)CC(C)(C#N)C1. The maximum atomic E-state index is 9.51. The molecule has 0 N–H and O–H groups in total. The summed E-state index contributed by atoms with van der Waals surface area (Å²) in [6.45, 7) is 12.8. The molecule has 0 heterocycles. The minimum absolute atomic E-state index is 0.0781. The van der Waals surface area contributed by atoms with E-state index in [1.165, 1.54) is 0 Å². The first-order chi connectivity index (χ1) is 10.9. The molecule has 0 aromatic rings. The number of nitrogens with zero attached hydrogens (tertiary/aromatic N) is 4. The quantitative estimate of drug-likeness (QED) is 0.616. The summed E-state index contributed by atoms with van der Waals surface area (Å²) in [5.41, 5.74) is 1.49. The first kappa shape index (κ1) is 18.7. The molecule has 0 aromatic heterocycles. The Bertz CT molecular complexity index is 598. The molecule has 2 unspecified atom stereocenters. The van der Waals surface area contributed by atoms with E-state index < -0.39 is 0 Å². The summed E-state index contributed by atoms with van der Waals surface area (Å²) in [6.07, 6.45) is 4.96. The van der Waals surface area contributed by atoms with E-state index in [4.69, 9.17) is 0 Å². The Morgan fingerprint density at radius 2 is 1.00 bits per heavy atom. The van der Waals surface area contributed by atoms with Gasteiger partial charge in [-0.05, 0) is 50.4 Å². The Kier molecular flexibility index (Phi) is 4.66. The Hall–Kier alpha value is -1.68. The van der Waals surface area contributed by atoms with E-state index in [-0.39, 0.29) is 21.7 Å². The van der Waals surface area contributed by atoms with Crippen LogP contribution in [0.4, 0.5) is 0 Å². The fraction of sp³-hybridized carbons (Fsp3) is 0.800. The molecule has 0 spiro atoms. The monoisotopic (exact) mass is 326 g/mol. The van der Waals surface area contributed by atoms with Crippen molar-refractivity contribution in [2.24, 2.45) is 31.9 Å². The molecule has 0 amide bonds. The van der Waals surface area contributed by atoms with Gasteiger partial charge in [0.05, 0.1) is 23.0 Å². The maximum Gasteiger partial charge on any atom is 0.0691 e. The van der Waals surface area contributed by atoms with Crippen LogP contribution in [0.3, 0.4) is 0 Å². The zero-order valence-electron chi connectivity index (χ0n) is 16.0. The average Bonchev–Trinajstić information content (AvgIpc) is 2.41. The van der Waals surface area contributed by atoms with E-state index in [0.717, 1.165) is 37.1 Å². The minimum Gasteiger partial charge on any atom is -0.198 e. The third-order valence-corrected chi connectivity index (χ3v) is 5.16. The van der Waals surface area contributed by atoms with Crippen LogP contribution in [0, 0.1) is 44.3 Å². The van der Waals surface area contributed by atoms with Crippen LogP contribution in [-0.4, -0.2) is 11.4 Å². The van der Waals surface area contributed by atoms with Crippen molar-refractivity contribution in [2.75, 3.05) is 0 Å². The second-order valence-electron chi connectivity index (χ2n) is 10.1. The largest absolute Gasteiger partial charge is 0.198 e. The highest BCUT2D eigenvalue weighted by Crippen LogP contribution is 2.46. The zero-order valence-corrected chi connectivity index (χ0v) is 16.0. The molecule has 2 aliphatic rings. The van der Waals surface area contributed by atoms with Crippen molar-refractivity contribution in [2.45, 2.75) is 80.1 Å². The molecule has 24 heavy (non-hydrogen) atoms. The van der Waals surface area contributed by atoms with E-state index >= 15 is 0 Å². The summed E-state index contributed by atoms with van der Waals surface area (Å²) in [7, 11) is 0. The number of hydrogen-bond acceptors (Lipinski definition) is 4. The number of hydrogen-bond donors (Lipinski definition) is 0. The smallest absolute Gasteiger partial charge is 0.0691 e. The van der Waals surface area contributed by atoms with E-state index in [1.807, 2.05) is 13.8 Å². The van der Waals surface area contributed by atoms with Gasteiger partial charge in [-0.1, -0.05) is 27.7 Å². The van der Waals surface area contributed by atoms with Crippen molar-refractivity contribution in [1.82, 2.24) is 0 Å². The van der Waals surface area contributed by atoms with Crippen molar-refractivity contribution < 1.29 is 0 Å². The van der Waals surface area contributed by atoms with Gasteiger partial charge in [-0.25, -0.2) is 0 Å². The standard InChI is InChI=1S/C20H30N4/c1-17(2)7-15(9-19(5,11-17)13-21)23-24-16-8-18(3,4)12-20(6,10-16)14-22/h7-12H2,1-6H3. The van der Waals surface area contributed by atoms with Crippen LogP contribution in [0.1, 0.15) is 80.1 Å². The highest BCUT2D eigenvalue weighted by molar-refractivity contribution is 5.90. The van der Waals surface area contributed by atoms with Crippen LogP contribution in [0.15, 0.2) is 10.2 Å². The van der Waals surface area contributed by atoms with Crippen molar-refractivity contribution in [3.8, 4) is 12.1 Å². The predicted molar refractivity (Wildman–Crippen MR) is 97.6 cm³/mol. The van der Waals surface area contributed by atoms with E-state index in [0.29, 0.717) is 12.8 Å². The van der Waals surface area contributed by atoms with Crippen LogP contribution in [0.2, 0.25) is 0 Å². The minimum atomic E-state index is -0.353.